The largest absolute Gasteiger partial charge is 0.495 e. The van der Waals surface area contributed by atoms with E-state index in [2.05, 4.69) is 31.4 Å². The van der Waals surface area contributed by atoms with Gasteiger partial charge in [0, 0.05) is 18.5 Å². The van der Waals surface area contributed by atoms with Crippen LogP contribution in [0.3, 0.4) is 0 Å². The summed E-state index contributed by atoms with van der Waals surface area (Å²) in [6, 6.07) is 14.7. The summed E-state index contributed by atoms with van der Waals surface area (Å²) in [7, 11) is 1.57. The van der Waals surface area contributed by atoms with E-state index in [-0.39, 0.29) is 30.2 Å². The van der Waals surface area contributed by atoms with Crippen LogP contribution in [0.5, 0.6) is 5.75 Å². The maximum Gasteiger partial charge on any atom is 0.251 e. The lowest BCUT2D eigenvalue weighted by atomic mass is 9.87. The molecule has 2 amide bonds. The van der Waals surface area contributed by atoms with Crippen molar-refractivity contribution in [1.29, 1.82) is 0 Å². The molecule has 0 aliphatic carbocycles. The first-order valence-corrected chi connectivity index (χ1v) is 8.63. The van der Waals surface area contributed by atoms with Crippen molar-refractivity contribution in [3.05, 3.63) is 59.7 Å². The Bertz CT molecular complexity index is 765. The van der Waals surface area contributed by atoms with Gasteiger partial charge < -0.3 is 15.4 Å². The van der Waals surface area contributed by atoms with Crippen LogP contribution in [0.4, 0.5) is 5.69 Å². The van der Waals surface area contributed by atoms with Crippen LogP contribution in [0.2, 0.25) is 0 Å². The second kappa shape index (κ2) is 8.52. The van der Waals surface area contributed by atoms with Gasteiger partial charge in [0.2, 0.25) is 5.91 Å². The second-order valence-electron chi connectivity index (χ2n) is 7.09. The standard InChI is InChI=1S/C21H26N2O3/c1-21(2,3)16-10-11-18(26-4)17(14-16)23-19(24)12-13-22-20(25)15-8-6-5-7-9-15/h5-11,14H,12-13H2,1-4H3,(H,22,25)(H,23,24). The molecule has 0 saturated heterocycles. The molecule has 5 heteroatoms. The highest BCUT2D eigenvalue weighted by Gasteiger charge is 2.17. The van der Waals surface area contributed by atoms with E-state index in [1.807, 2.05) is 24.3 Å². The van der Waals surface area contributed by atoms with Crippen LogP contribution in [0.15, 0.2) is 48.5 Å². The van der Waals surface area contributed by atoms with E-state index in [4.69, 9.17) is 4.74 Å². The van der Waals surface area contributed by atoms with Crippen molar-refractivity contribution >= 4 is 17.5 Å². The number of anilines is 1. The van der Waals surface area contributed by atoms with Gasteiger partial charge in [0.05, 0.1) is 12.8 Å². The van der Waals surface area contributed by atoms with E-state index in [9.17, 15) is 9.59 Å². The molecule has 0 saturated carbocycles. The molecule has 0 aliphatic rings. The van der Waals surface area contributed by atoms with Crippen LogP contribution in [0, 0.1) is 0 Å². The number of hydrogen-bond donors (Lipinski definition) is 2. The predicted octanol–water partition coefficient (Wildman–Crippen LogP) is 3.75. The molecule has 0 atom stereocenters. The van der Waals surface area contributed by atoms with E-state index in [1.165, 1.54) is 0 Å². The number of methoxy groups -OCH3 is 1. The number of benzene rings is 2. The first-order chi connectivity index (χ1) is 12.3. The number of carbonyl (C=O) groups is 2. The van der Waals surface area contributed by atoms with Crippen LogP contribution in [0.25, 0.3) is 0 Å². The number of hydrogen-bond acceptors (Lipinski definition) is 3. The van der Waals surface area contributed by atoms with Crippen molar-refractivity contribution in [2.24, 2.45) is 0 Å². The number of ether oxygens (including phenoxy) is 1. The Kier molecular flexibility index (Phi) is 6.39. The van der Waals surface area contributed by atoms with Crippen molar-refractivity contribution in [2.45, 2.75) is 32.6 Å². The zero-order valence-corrected chi connectivity index (χ0v) is 15.8. The van der Waals surface area contributed by atoms with Crippen molar-refractivity contribution in [3.8, 4) is 5.75 Å². The number of carbonyl (C=O) groups excluding carboxylic acids is 2. The maximum atomic E-state index is 12.2. The average Bonchev–Trinajstić information content (AvgIpc) is 2.61. The highest BCUT2D eigenvalue weighted by molar-refractivity contribution is 5.95. The predicted molar refractivity (Wildman–Crippen MR) is 104 cm³/mol. The van der Waals surface area contributed by atoms with Gasteiger partial charge in [-0.3, -0.25) is 9.59 Å². The number of amides is 2. The van der Waals surface area contributed by atoms with Crippen LogP contribution in [0.1, 0.15) is 43.1 Å². The van der Waals surface area contributed by atoms with Gasteiger partial charge in [-0.05, 0) is 35.2 Å². The van der Waals surface area contributed by atoms with Gasteiger partial charge in [-0.2, -0.15) is 0 Å². The van der Waals surface area contributed by atoms with E-state index in [0.29, 0.717) is 17.0 Å². The molecule has 0 aliphatic heterocycles. The summed E-state index contributed by atoms with van der Waals surface area (Å²) < 4.78 is 5.33. The van der Waals surface area contributed by atoms with Crippen LogP contribution >= 0.6 is 0 Å². The molecule has 0 fully saturated rings. The highest BCUT2D eigenvalue weighted by Crippen LogP contribution is 2.31. The molecule has 2 rings (SSSR count). The summed E-state index contributed by atoms with van der Waals surface area (Å²) in [5, 5.41) is 5.62. The quantitative estimate of drug-likeness (QED) is 0.830. The fourth-order valence-electron chi connectivity index (χ4n) is 2.47. The number of nitrogens with one attached hydrogen (secondary N) is 2. The van der Waals surface area contributed by atoms with Gasteiger partial charge in [0.1, 0.15) is 5.75 Å². The molecule has 2 aromatic carbocycles. The molecular weight excluding hydrogens is 328 g/mol. The van der Waals surface area contributed by atoms with Crippen LogP contribution < -0.4 is 15.4 Å². The molecule has 2 aromatic rings. The summed E-state index contributed by atoms with van der Waals surface area (Å²) in [6.07, 6.45) is 0.182. The molecule has 0 aromatic heterocycles. The SMILES string of the molecule is COc1ccc(C(C)(C)C)cc1NC(=O)CCNC(=O)c1ccccc1. The lowest BCUT2D eigenvalue weighted by Crippen LogP contribution is -2.27. The lowest BCUT2D eigenvalue weighted by molar-refractivity contribution is -0.116. The topological polar surface area (TPSA) is 67.4 Å². The molecule has 5 nitrogen and oxygen atoms in total. The summed E-state index contributed by atoms with van der Waals surface area (Å²) in [6.45, 7) is 6.60. The van der Waals surface area contributed by atoms with Gasteiger partial charge in [-0.15, -0.1) is 0 Å². The Morgan fingerprint density at radius 1 is 1.04 bits per heavy atom. The highest BCUT2D eigenvalue weighted by atomic mass is 16.5. The molecule has 0 unspecified atom stereocenters. The van der Waals surface area contributed by atoms with Gasteiger partial charge in [-0.1, -0.05) is 45.0 Å². The molecule has 0 radical (unpaired) electrons. The lowest BCUT2D eigenvalue weighted by Gasteiger charge is -2.21. The minimum absolute atomic E-state index is 0.0323. The fraction of sp³-hybridized carbons (Fsp3) is 0.333. The minimum Gasteiger partial charge on any atom is -0.495 e. The third kappa shape index (κ3) is 5.34. The summed E-state index contributed by atoms with van der Waals surface area (Å²) in [5.41, 5.74) is 2.29. The fourth-order valence-corrected chi connectivity index (χ4v) is 2.47. The van der Waals surface area contributed by atoms with Gasteiger partial charge in [0.15, 0.2) is 0 Å². The molecule has 26 heavy (non-hydrogen) atoms. The molecule has 0 bridgehead atoms. The van der Waals surface area contributed by atoms with Crippen molar-refractivity contribution in [1.82, 2.24) is 5.32 Å². The molecule has 2 N–H and O–H groups in total. The van der Waals surface area contributed by atoms with E-state index < -0.39 is 0 Å². The smallest absolute Gasteiger partial charge is 0.251 e. The van der Waals surface area contributed by atoms with Gasteiger partial charge >= 0.3 is 0 Å². The van der Waals surface area contributed by atoms with Gasteiger partial charge in [0.25, 0.3) is 5.91 Å². The first kappa shape index (κ1) is 19.5. The Balaban J connectivity index is 1.94. The van der Waals surface area contributed by atoms with Crippen molar-refractivity contribution < 1.29 is 14.3 Å². The molecule has 0 spiro atoms. The Morgan fingerprint density at radius 2 is 1.73 bits per heavy atom. The normalized spacial score (nSPS) is 10.9. The molecular formula is C21H26N2O3. The average molecular weight is 354 g/mol. The zero-order valence-electron chi connectivity index (χ0n) is 15.8. The molecule has 0 heterocycles. The summed E-state index contributed by atoms with van der Waals surface area (Å²) >= 11 is 0. The van der Waals surface area contributed by atoms with Crippen LogP contribution in [-0.4, -0.2) is 25.5 Å². The van der Waals surface area contributed by atoms with E-state index in [0.717, 1.165) is 5.56 Å². The first-order valence-electron chi connectivity index (χ1n) is 8.63. The third-order valence-electron chi connectivity index (χ3n) is 4.01. The Labute approximate surface area is 154 Å². The number of rotatable bonds is 6. The Morgan fingerprint density at radius 3 is 2.35 bits per heavy atom. The van der Waals surface area contributed by atoms with E-state index >= 15 is 0 Å². The maximum absolute atomic E-state index is 12.2. The van der Waals surface area contributed by atoms with Crippen molar-refractivity contribution in [3.63, 3.8) is 0 Å². The minimum atomic E-state index is -0.189. The van der Waals surface area contributed by atoms with Gasteiger partial charge in [-0.25, -0.2) is 0 Å². The third-order valence-corrected chi connectivity index (χ3v) is 4.01. The summed E-state index contributed by atoms with van der Waals surface area (Å²) in [5.74, 6) is 0.244. The monoisotopic (exact) mass is 354 g/mol. The summed E-state index contributed by atoms with van der Waals surface area (Å²) in [4.78, 5) is 24.2. The second-order valence-corrected chi connectivity index (χ2v) is 7.09. The van der Waals surface area contributed by atoms with Crippen LogP contribution in [-0.2, 0) is 10.2 Å². The zero-order chi connectivity index (χ0) is 19.2. The van der Waals surface area contributed by atoms with E-state index in [1.54, 1.807) is 31.4 Å². The van der Waals surface area contributed by atoms with Crippen molar-refractivity contribution in [2.75, 3.05) is 19.0 Å². The molecule has 138 valence electrons. The Hall–Kier alpha value is -2.82.